The van der Waals surface area contributed by atoms with Gasteiger partial charge in [-0.25, -0.2) is 4.98 Å². The van der Waals surface area contributed by atoms with Crippen LogP contribution in [0.4, 0.5) is 5.69 Å². The lowest BCUT2D eigenvalue weighted by Crippen LogP contribution is -2.36. The summed E-state index contributed by atoms with van der Waals surface area (Å²) in [5, 5.41) is 4.44. The minimum atomic E-state index is 0.358. The Balaban J connectivity index is 1.68. The van der Waals surface area contributed by atoms with E-state index < -0.39 is 0 Å². The van der Waals surface area contributed by atoms with E-state index in [1.807, 2.05) is 6.33 Å². The molecular formula is C14H17N3S. The highest BCUT2D eigenvalue weighted by Gasteiger charge is 2.43. The van der Waals surface area contributed by atoms with Crippen molar-refractivity contribution in [3.8, 4) is 0 Å². The summed E-state index contributed by atoms with van der Waals surface area (Å²) >= 11 is 1.79. The number of aromatic nitrogens is 2. The van der Waals surface area contributed by atoms with Crippen molar-refractivity contribution in [3.63, 3.8) is 0 Å². The first kappa shape index (κ1) is 10.6. The lowest BCUT2D eigenvalue weighted by molar-refractivity contribution is 0.337. The molecule has 2 aliphatic rings. The van der Waals surface area contributed by atoms with E-state index in [-0.39, 0.29) is 0 Å². The van der Waals surface area contributed by atoms with E-state index in [2.05, 4.69) is 37.5 Å². The fourth-order valence-electron chi connectivity index (χ4n) is 3.60. The van der Waals surface area contributed by atoms with Gasteiger partial charge in [-0.3, -0.25) is 0 Å². The van der Waals surface area contributed by atoms with Gasteiger partial charge in [0.2, 0.25) is 0 Å². The normalized spacial score (nSPS) is 26.8. The molecule has 4 heterocycles. The van der Waals surface area contributed by atoms with E-state index in [0.29, 0.717) is 5.41 Å². The molecule has 94 valence electrons. The Morgan fingerprint density at radius 2 is 2.28 bits per heavy atom. The Hall–Kier alpha value is -1.29. The molecule has 1 fully saturated rings. The van der Waals surface area contributed by atoms with Gasteiger partial charge in [0, 0.05) is 48.0 Å². The number of fused-ring (bicyclic) bond motifs is 2. The third kappa shape index (κ3) is 1.45. The largest absolute Gasteiger partial charge is 0.370 e. The summed E-state index contributed by atoms with van der Waals surface area (Å²) in [4.78, 5) is 6.90. The van der Waals surface area contributed by atoms with Gasteiger partial charge in [-0.2, -0.15) is 11.3 Å². The molecule has 0 radical (unpaired) electrons. The van der Waals surface area contributed by atoms with E-state index in [1.54, 1.807) is 11.3 Å². The average Bonchev–Trinajstić information content (AvgIpc) is 3.09. The van der Waals surface area contributed by atoms with Crippen LogP contribution in [-0.2, 0) is 12.0 Å². The molecule has 2 aromatic rings. The molecule has 0 aromatic carbocycles. The number of aryl methyl sites for hydroxylation is 1. The average molecular weight is 259 g/mol. The van der Waals surface area contributed by atoms with Crippen molar-refractivity contribution in [2.75, 3.05) is 18.0 Å². The maximum Gasteiger partial charge on any atom is 0.0948 e. The minimum absolute atomic E-state index is 0.358. The van der Waals surface area contributed by atoms with Gasteiger partial charge < -0.3 is 9.47 Å². The quantitative estimate of drug-likeness (QED) is 0.785. The van der Waals surface area contributed by atoms with Crippen molar-refractivity contribution in [2.45, 2.75) is 31.2 Å². The molecule has 3 nitrogen and oxygen atoms in total. The number of hydrogen-bond acceptors (Lipinski definition) is 3. The van der Waals surface area contributed by atoms with Crippen molar-refractivity contribution < 1.29 is 0 Å². The Labute approximate surface area is 111 Å². The minimum Gasteiger partial charge on any atom is -0.370 e. The van der Waals surface area contributed by atoms with Crippen molar-refractivity contribution in [3.05, 3.63) is 35.0 Å². The second kappa shape index (κ2) is 3.85. The number of anilines is 1. The van der Waals surface area contributed by atoms with E-state index in [0.717, 1.165) is 13.1 Å². The lowest BCUT2D eigenvalue weighted by Gasteiger charge is -2.34. The monoisotopic (exact) mass is 259 g/mol. The SMILES string of the molecule is c1cc(N2CCC3(CCCn4cncc43)C2)cs1. The summed E-state index contributed by atoms with van der Waals surface area (Å²) in [7, 11) is 0. The Morgan fingerprint density at radius 1 is 1.28 bits per heavy atom. The molecule has 2 aliphatic heterocycles. The van der Waals surface area contributed by atoms with Gasteiger partial charge in [0.25, 0.3) is 0 Å². The van der Waals surface area contributed by atoms with Crippen LogP contribution in [0.3, 0.4) is 0 Å². The lowest BCUT2D eigenvalue weighted by atomic mass is 9.77. The van der Waals surface area contributed by atoms with Crippen molar-refractivity contribution in [2.24, 2.45) is 0 Å². The van der Waals surface area contributed by atoms with E-state index in [9.17, 15) is 0 Å². The number of nitrogens with zero attached hydrogens (tertiary/aromatic N) is 3. The van der Waals surface area contributed by atoms with Crippen LogP contribution in [-0.4, -0.2) is 22.6 Å². The fraction of sp³-hybridized carbons (Fsp3) is 0.500. The van der Waals surface area contributed by atoms with Crippen LogP contribution in [0.2, 0.25) is 0 Å². The summed E-state index contributed by atoms with van der Waals surface area (Å²) < 4.78 is 2.36. The number of hydrogen-bond donors (Lipinski definition) is 0. The van der Waals surface area contributed by atoms with Gasteiger partial charge in [-0.05, 0) is 30.7 Å². The second-order valence-corrected chi connectivity index (χ2v) is 6.29. The summed E-state index contributed by atoms with van der Waals surface area (Å²) in [6.45, 7) is 3.49. The summed E-state index contributed by atoms with van der Waals surface area (Å²) in [6, 6.07) is 2.24. The Morgan fingerprint density at radius 3 is 3.17 bits per heavy atom. The molecule has 0 saturated carbocycles. The van der Waals surface area contributed by atoms with E-state index >= 15 is 0 Å². The fourth-order valence-corrected chi connectivity index (χ4v) is 4.26. The molecule has 18 heavy (non-hydrogen) atoms. The zero-order chi connectivity index (χ0) is 12.0. The van der Waals surface area contributed by atoms with Crippen molar-refractivity contribution in [1.29, 1.82) is 0 Å². The predicted octanol–water partition coefficient (Wildman–Crippen LogP) is 2.89. The molecule has 1 saturated heterocycles. The summed E-state index contributed by atoms with van der Waals surface area (Å²) in [5.74, 6) is 0. The highest BCUT2D eigenvalue weighted by Crippen LogP contribution is 2.42. The summed E-state index contributed by atoms with van der Waals surface area (Å²) in [6.07, 6.45) is 7.98. The topological polar surface area (TPSA) is 21.1 Å². The van der Waals surface area contributed by atoms with Gasteiger partial charge in [0.15, 0.2) is 0 Å². The van der Waals surface area contributed by atoms with Crippen LogP contribution in [0.15, 0.2) is 29.4 Å². The number of rotatable bonds is 1. The first-order valence-electron chi connectivity index (χ1n) is 6.65. The van der Waals surface area contributed by atoms with Crippen LogP contribution in [0.25, 0.3) is 0 Å². The van der Waals surface area contributed by atoms with E-state index in [4.69, 9.17) is 0 Å². The first-order chi connectivity index (χ1) is 8.87. The number of thiophene rings is 1. The van der Waals surface area contributed by atoms with Gasteiger partial charge >= 0.3 is 0 Å². The zero-order valence-corrected chi connectivity index (χ0v) is 11.2. The van der Waals surface area contributed by atoms with Crippen LogP contribution in [0, 0.1) is 0 Å². The van der Waals surface area contributed by atoms with Gasteiger partial charge in [0.05, 0.1) is 6.33 Å². The molecule has 0 amide bonds. The molecule has 4 rings (SSSR count). The molecule has 1 unspecified atom stereocenters. The van der Waals surface area contributed by atoms with Crippen LogP contribution in [0.5, 0.6) is 0 Å². The highest BCUT2D eigenvalue weighted by atomic mass is 32.1. The predicted molar refractivity (Wildman–Crippen MR) is 74.3 cm³/mol. The molecule has 1 spiro atoms. The third-order valence-corrected chi connectivity index (χ3v) is 5.21. The molecule has 0 aliphatic carbocycles. The molecule has 1 atom stereocenters. The zero-order valence-electron chi connectivity index (χ0n) is 10.4. The molecule has 0 N–H and O–H groups in total. The number of imidazole rings is 1. The first-order valence-corrected chi connectivity index (χ1v) is 7.59. The molecule has 4 heteroatoms. The van der Waals surface area contributed by atoms with E-state index in [1.165, 1.54) is 37.2 Å². The molecule has 0 bridgehead atoms. The van der Waals surface area contributed by atoms with Gasteiger partial charge in [-0.1, -0.05) is 0 Å². The highest BCUT2D eigenvalue weighted by molar-refractivity contribution is 7.08. The Kier molecular flexibility index (Phi) is 2.27. The van der Waals surface area contributed by atoms with Crippen LogP contribution < -0.4 is 4.90 Å². The maximum atomic E-state index is 4.36. The second-order valence-electron chi connectivity index (χ2n) is 5.51. The van der Waals surface area contributed by atoms with Crippen LogP contribution in [0.1, 0.15) is 25.0 Å². The maximum absolute atomic E-state index is 4.36. The van der Waals surface area contributed by atoms with Gasteiger partial charge in [-0.15, -0.1) is 0 Å². The van der Waals surface area contributed by atoms with Gasteiger partial charge in [0.1, 0.15) is 0 Å². The summed E-state index contributed by atoms with van der Waals surface area (Å²) in [5.41, 5.74) is 3.22. The van der Waals surface area contributed by atoms with Crippen molar-refractivity contribution in [1.82, 2.24) is 9.55 Å². The molecule has 2 aromatic heterocycles. The third-order valence-electron chi connectivity index (χ3n) is 4.54. The smallest absolute Gasteiger partial charge is 0.0948 e. The van der Waals surface area contributed by atoms with Crippen molar-refractivity contribution >= 4 is 17.0 Å². The standard InChI is InChI=1S/C14H17N3S/c1-3-14(13-8-15-11-17(13)5-1)4-6-16(10-14)12-2-7-18-9-12/h2,7-9,11H,1,3-6,10H2. The Bertz CT molecular complexity index is 545. The van der Waals surface area contributed by atoms with Crippen LogP contribution >= 0.6 is 11.3 Å². The molecular weight excluding hydrogens is 242 g/mol.